The first-order valence-corrected chi connectivity index (χ1v) is 9.13. The minimum Gasteiger partial charge on any atom is -0.378 e. The Hall–Kier alpha value is -1.30. The van der Waals surface area contributed by atoms with Crippen LogP contribution in [0, 0.1) is 5.41 Å². The Morgan fingerprint density at radius 3 is 2.33 bits per heavy atom. The maximum absolute atomic E-state index is 12.1. The lowest BCUT2D eigenvalue weighted by molar-refractivity contribution is -0.176. The number of amides is 1. The van der Waals surface area contributed by atoms with Gasteiger partial charge in [0, 0.05) is 44.6 Å². The third-order valence-corrected chi connectivity index (χ3v) is 5.65. The van der Waals surface area contributed by atoms with Gasteiger partial charge in [-0.3, -0.25) is 9.79 Å². The summed E-state index contributed by atoms with van der Waals surface area (Å²) in [5, 5.41) is 6.77. The van der Waals surface area contributed by atoms with Crippen LogP contribution in [0.5, 0.6) is 0 Å². The van der Waals surface area contributed by atoms with Gasteiger partial charge in [-0.15, -0.1) is 0 Å². The van der Waals surface area contributed by atoms with Crippen molar-refractivity contribution in [1.82, 2.24) is 15.5 Å². The van der Waals surface area contributed by atoms with E-state index in [4.69, 9.17) is 4.74 Å². The number of nitrogens with one attached hydrogen (secondary N) is 2. The predicted octanol–water partition coefficient (Wildman–Crippen LogP) is 2.00. The molecule has 2 N–H and O–H groups in total. The predicted molar refractivity (Wildman–Crippen MR) is 99.3 cm³/mol. The van der Waals surface area contributed by atoms with E-state index in [1.807, 2.05) is 25.7 Å². The van der Waals surface area contributed by atoms with Gasteiger partial charge in [0.15, 0.2) is 5.96 Å². The van der Waals surface area contributed by atoms with Crippen molar-refractivity contribution >= 4 is 11.9 Å². The minimum atomic E-state index is -0.110. The zero-order chi connectivity index (χ0) is 18.4. The van der Waals surface area contributed by atoms with Crippen LogP contribution in [0.1, 0.15) is 54.4 Å². The molecule has 0 bridgehead atoms. The summed E-state index contributed by atoms with van der Waals surface area (Å²) in [6, 6.07) is 0.304. The van der Waals surface area contributed by atoms with E-state index in [2.05, 4.69) is 36.4 Å². The molecule has 0 heterocycles. The van der Waals surface area contributed by atoms with Gasteiger partial charge in [-0.25, -0.2) is 0 Å². The molecule has 0 aromatic carbocycles. The molecule has 0 spiro atoms. The Morgan fingerprint density at radius 2 is 1.88 bits per heavy atom. The van der Waals surface area contributed by atoms with Gasteiger partial charge >= 0.3 is 0 Å². The highest BCUT2D eigenvalue weighted by molar-refractivity contribution is 5.81. The van der Waals surface area contributed by atoms with Crippen LogP contribution >= 0.6 is 0 Å². The molecule has 0 aromatic rings. The topological polar surface area (TPSA) is 66.0 Å². The maximum atomic E-state index is 12.1. The van der Waals surface area contributed by atoms with Crippen molar-refractivity contribution < 1.29 is 9.53 Å². The third-order valence-electron chi connectivity index (χ3n) is 5.65. The number of carbonyl (C=O) groups excluding carboxylic acids is 1. The van der Waals surface area contributed by atoms with Gasteiger partial charge in [0.2, 0.25) is 5.91 Å². The van der Waals surface area contributed by atoms with E-state index in [9.17, 15) is 4.79 Å². The largest absolute Gasteiger partial charge is 0.378 e. The van der Waals surface area contributed by atoms with Gasteiger partial charge in [-0.1, -0.05) is 13.8 Å². The van der Waals surface area contributed by atoms with E-state index in [-0.39, 0.29) is 16.9 Å². The average Bonchev–Trinajstić information content (AvgIpc) is 2.55. The van der Waals surface area contributed by atoms with Crippen molar-refractivity contribution in [3.05, 3.63) is 0 Å². The van der Waals surface area contributed by atoms with Crippen LogP contribution in [0.4, 0.5) is 0 Å². The molecule has 6 nitrogen and oxygen atoms in total. The van der Waals surface area contributed by atoms with Gasteiger partial charge in [-0.05, 0) is 34.1 Å². The molecule has 2 atom stereocenters. The second kappa shape index (κ2) is 8.70. The van der Waals surface area contributed by atoms with E-state index < -0.39 is 0 Å². The maximum Gasteiger partial charge on any atom is 0.224 e. The number of hydrogen-bond donors (Lipinski definition) is 2. The monoisotopic (exact) mass is 340 g/mol. The first-order valence-electron chi connectivity index (χ1n) is 9.13. The summed E-state index contributed by atoms with van der Waals surface area (Å²) in [6.07, 6.45) is 1.39. The Bertz CT molecular complexity index is 446. The molecule has 0 saturated heterocycles. The number of hydrogen-bond acceptors (Lipinski definition) is 3. The number of rotatable bonds is 8. The summed E-state index contributed by atoms with van der Waals surface area (Å²) >= 11 is 0. The fraction of sp³-hybridized carbons (Fsp3) is 0.889. The second-order valence-electron chi connectivity index (χ2n) is 7.13. The summed E-state index contributed by atoms with van der Waals surface area (Å²) < 4.78 is 5.67. The molecule has 0 aromatic heterocycles. The van der Waals surface area contributed by atoms with Crippen molar-refractivity contribution in [2.75, 3.05) is 33.3 Å². The van der Waals surface area contributed by atoms with Gasteiger partial charge in [-0.2, -0.15) is 0 Å². The van der Waals surface area contributed by atoms with Crippen molar-refractivity contribution in [3.63, 3.8) is 0 Å². The molecule has 1 fully saturated rings. The smallest absolute Gasteiger partial charge is 0.224 e. The SMILES string of the molecule is CCNC(=NCCC(=O)N(CC)CC)NC1CC(C)(OC)C1(C)C. The van der Waals surface area contributed by atoms with Gasteiger partial charge in [0.25, 0.3) is 0 Å². The van der Waals surface area contributed by atoms with Crippen LogP contribution < -0.4 is 10.6 Å². The lowest BCUT2D eigenvalue weighted by Crippen LogP contribution is -2.69. The quantitative estimate of drug-likeness (QED) is 0.524. The third kappa shape index (κ3) is 4.41. The lowest BCUT2D eigenvalue weighted by atomic mass is 9.56. The van der Waals surface area contributed by atoms with Crippen LogP contribution in [-0.4, -0.2) is 61.7 Å². The molecular weight excluding hydrogens is 304 g/mol. The van der Waals surface area contributed by atoms with Gasteiger partial charge in [0.1, 0.15) is 0 Å². The Kier molecular flexibility index (Phi) is 7.52. The van der Waals surface area contributed by atoms with E-state index in [0.29, 0.717) is 19.0 Å². The number of methoxy groups -OCH3 is 1. The van der Waals surface area contributed by atoms with E-state index >= 15 is 0 Å². The number of nitrogens with zero attached hydrogens (tertiary/aromatic N) is 2. The number of aliphatic imine (C=N–C) groups is 1. The second-order valence-corrected chi connectivity index (χ2v) is 7.13. The molecule has 2 unspecified atom stereocenters. The van der Waals surface area contributed by atoms with Crippen LogP contribution in [0.3, 0.4) is 0 Å². The molecule has 1 rings (SSSR count). The summed E-state index contributed by atoms with van der Waals surface area (Å²) in [5.41, 5.74) is -0.0876. The lowest BCUT2D eigenvalue weighted by Gasteiger charge is -2.59. The van der Waals surface area contributed by atoms with Crippen LogP contribution in [-0.2, 0) is 9.53 Å². The Labute approximate surface area is 147 Å². The first kappa shape index (κ1) is 20.7. The van der Waals surface area contributed by atoms with E-state index in [1.54, 1.807) is 7.11 Å². The highest BCUT2D eigenvalue weighted by atomic mass is 16.5. The summed E-state index contributed by atoms with van der Waals surface area (Å²) in [7, 11) is 1.77. The van der Waals surface area contributed by atoms with Crippen LogP contribution in [0.25, 0.3) is 0 Å². The number of guanidine groups is 1. The molecular formula is C18H36N4O2. The van der Waals surface area contributed by atoms with Crippen LogP contribution in [0.15, 0.2) is 4.99 Å². The zero-order valence-electron chi connectivity index (χ0n) is 16.5. The molecule has 1 saturated carbocycles. The van der Waals surface area contributed by atoms with Gasteiger partial charge < -0.3 is 20.3 Å². The molecule has 140 valence electrons. The molecule has 0 radical (unpaired) electrons. The number of ether oxygens (including phenoxy) is 1. The molecule has 1 aliphatic rings. The summed E-state index contributed by atoms with van der Waals surface area (Å²) in [4.78, 5) is 18.5. The number of carbonyl (C=O) groups is 1. The van der Waals surface area contributed by atoms with E-state index in [1.165, 1.54) is 0 Å². The molecule has 24 heavy (non-hydrogen) atoms. The minimum absolute atomic E-state index is 0.0228. The van der Waals surface area contributed by atoms with Crippen molar-refractivity contribution in [1.29, 1.82) is 0 Å². The molecule has 1 amide bonds. The highest BCUT2D eigenvalue weighted by Crippen LogP contribution is 2.51. The van der Waals surface area contributed by atoms with E-state index in [0.717, 1.165) is 32.0 Å². The Balaban J connectivity index is 2.60. The van der Waals surface area contributed by atoms with Crippen molar-refractivity contribution in [2.45, 2.75) is 66.0 Å². The molecule has 0 aliphatic heterocycles. The van der Waals surface area contributed by atoms with Crippen molar-refractivity contribution in [2.24, 2.45) is 10.4 Å². The fourth-order valence-electron chi connectivity index (χ4n) is 3.21. The Morgan fingerprint density at radius 1 is 1.25 bits per heavy atom. The first-order chi connectivity index (χ1) is 11.3. The van der Waals surface area contributed by atoms with Gasteiger partial charge in [0.05, 0.1) is 12.1 Å². The van der Waals surface area contributed by atoms with Crippen LogP contribution in [0.2, 0.25) is 0 Å². The molecule has 1 aliphatic carbocycles. The summed E-state index contributed by atoms with van der Waals surface area (Å²) in [6.45, 7) is 15.4. The highest BCUT2D eigenvalue weighted by Gasteiger charge is 2.58. The normalized spacial score (nSPS) is 25.8. The average molecular weight is 341 g/mol. The molecule has 6 heteroatoms. The van der Waals surface area contributed by atoms with Crippen molar-refractivity contribution in [3.8, 4) is 0 Å². The summed E-state index contributed by atoms with van der Waals surface area (Å²) in [5.74, 6) is 0.941. The zero-order valence-corrected chi connectivity index (χ0v) is 16.5. The fourth-order valence-corrected chi connectivity index (χ4v) is 3.21. The standard InChI is InChI=1S/C18H36N4O2/c1-8-19-16(20-12-11-15(23)22(9-2)10-3)21-14-13-18(6,24-7)17(14,4)5/h14H,8-13H2,1-7H3,(H2,19,20,21).